The minimum absolute atomic E-state index is 0.0932. The summed E-state index contributed by atoms with van der Waals surface area (Å²) in [4.78, 5) is 8.53. The van der Waals surface area contributed by atoms with E-state index in [-0.39, 0.29) is 5.92 Å². The van der Waals surface area contributed by atoms with Crippen LogP contribution in [-0.4, -0.2) is 15.1 Å². The molecule has 0 aliphatic carbocycles. The molecule has 0 bridgehead atoms. The molecule has 2 aromatic heterocycles. The van der Waals surface area contributed by atoms with Crippen molar-refractivity contribution in [2.45, 2.75) is 32.6 Å². The van der Waals surface area contributed by atoms with Gasteiger partial charge in [0, 0.05) is 18.5 Å². The lowest BCUT2D eigenvalue weighted by Gasteiger charge is -2.00. The van der Waals surface area contributed by atoms with E-state index in [0.717, 1.165) is 12.0 Å². The quantitative estimate of drug-likeness (QED) is 0.823. The van der Waals surface area contributed by atoms with Crippen molar-refractivity contribution in [2.24, 2.45) is 0 Å². The molecule has 2 rings (SSSR count). The topological polar surface area (TPSA) is 75.6 Å². The van der Waals surface area contributed by atoms with Crippen LogP contribution in [0.25, 0.3) is 11.5 Å². The van der Waals surface area contributed by atoms with Gasteiger partial charge >= 0.3 is 0 Å². The fraction of sp³-hybridized carbons (Fsp3) is 0.385. The molecular weight excluding hydrogens is 228 g/mol. The van der Waals surface area contributed by atoms with E-state index in [1.165, 1.54) is 0 Å². The van der Waals surface area contributed by atoms with Gasteiger partial charge in [0.05, 0.1) is 6.07 Å². The van der Waals surface area contributed by atoms with Gasteiger partial charge < -0.3 is 4.52 Å². The standard InChI is InChI=1S/C13H14N4O/c1-9-5-7-15-11(8-9)12-16-13(18-17-12)10(2)4-3-6-14/h5,7-8,10H,3-4H2,1-2H3. The molecule has 0 aromatic carbocycles. The summed E-state index contributed by atoms with van der Waals surface area (Å²) in [5.41, 5.74) is 1.81. The third-order valence-electron chi connectivity index (χ3n) is 2.70. The highest BCUT2D eigenvalue weighted by Gasteiger charge is 2.15. The van der Waals surface area contributed by atoms with Crippen LogP contribution in [0.2, 0.25) is 0 Å². The van der Waals surface area contributed by atoms with Crippen molar-refractivity contribution in [2.75, 3.05) is 0 Å². The molecule has 0 radical (unpaired) electrons. The van der Waals surface area contributed by atoms with Crippen molar-refractivity contribution in [3.8, 4) is 17.6 Å². The average molecular weight is 242 g/mol. The van der Waals surface area contributed by atoms with Crippen molar-refractivity contribution >= 4 is 0 Å². The number of aryl methyl sites for hydroxylation is 1. The third-order valence-corrected chi connectivity index (χ3v) is 2.70. The largest absolute Gasteiger partial charge is 0.339 e. The molecule has 0 N–H and O–H groups in total. The number of pyridine rings is 1. The summed E-state index contributed by atoms with van der Waals surface area (Å²) in [5.74, 6) is 1.15. The molecule has 0 saturated heterocycles. The van der Waals surface area contributed by atoms with Crippen molar-refractivity contribution in [1.82, 2.24) is 15.1 Å². The van der Waals surface area contributed by atoms with E-state index in [0.29, 0.717) is 23.8 Å². The summed E-state index contributed by atoms with van der Waals surface area (Å²) in [6, 6.07) is 5.94. The number of nitriles is 1. The molecular formula is C13H14N4O. The van der Waals surface area contributed by atoms with E-state index in [4.69, 9.17) is 9.78 Å². The van der Waals surface area contributed by atoms with Crippen LogP contribution < -0.4 is 0 Å². The highest BCUT2D eigenvalue weighted by molar-refractivity contribution is 5.48. The van der Waals surface area contributed by atoms with E-state index >= 15 is 0 Å². The summed E-state index contributed by atoms with van der Waals surface area (Å²) in [6.07, 6.45) is 2.93. The SMILES string of the molecule is Cc1ccnc(-c2noc(C(C)CCC#N)n2)c1. The number of nitrogens with zero attached hydrogens (tertiary/aromatic N) is 4. The van der Waals surface area contributed by atoms with Gasteiger partial charge in [-0.15, -0.1) is 0 Å². The van der Waals surface area contributed by atoms with Gasteiger partial charge in [0.2, 0.25) is 11.7 Å². The molecule has 2 aromatic rings. The predicted octanol–water partition coefficient (Wildman–Crippen LogP) is 2.85. The molecule has 5 nitrogen and oxygen atoms in total. The monoisotopic (exact) mass is 242 g/mol. The van der Waals surface area contributed by atoms with Gasteiger partial charge in [-0.1, -0.05) is 12.1 Å². The Kier molecular flexibility index (Phi) is 3.68. The van der Waals surface area contributed by atoms with Crippen LogP contribution >= 0.6 is 0 Å². The fourth-order valence-electron chi connectivity index (χ4n) is 1.60. The average Bonchev–Trinajstić information content (AvgIpc) is 2.85. The number of rotatable bonds is 4. The van der Waals surface area contributed by atoms with Crippen LogP contribution in [0.4, 0.5) is 0 Å². The Morgan fingerprint density at radius 3 is 3.06 bits per heavy atom. The van der Waals surface area contributed by atoms with Gasteiger partial charge in [-0.25, -0.2) is 0 Å². The van der Waals surface area contributed by atoms with Crippen molar-refractivity contribution in [3.63, 3.8) is 0 Å². The number of hydrogen-bond donors (Lipinski definition) is 0. The van der Waals surface area contributed by atoms with E-state index in [9.17, 15) is 0 Å². The molecule has 1 atom stereocenters. The zero-order valence-corrected chi connectivity index (χ0v) is 10.4. The Morgan fingerprint density at radius 2 is 2.33 bits per heavy atom. The second-order valence-electron chi connectivity index (χ2n) is 4.27. The second kappa shape index (κ2) is 5.41. The van der Waals surface area contributed by atoms with Crippen LogP contribution in [0.5, 0.6) is 0 Å². The smallest absolute Gasteiger partial charge is 0.229 e. The zero-order valence-electron chi connectivity index (χ0n) is 10.4. The van der Waals surface area contributed by atoms with E-state index in [1.54, 1.807) is 6.20 Å². The summed E-state index contributed by atoms with van der Waals surface area (Å²) in [5, 5.41) is 12.5. The Balaban J connectivity index is 2.18. The Hall–Kier alpha value is -2.22. The first-order chi connectivity index (χ1) is 8.70. The van der Waals surface area contributed by atoms with Crippen molar-refractivity contribution < 1.29 is 4.52 Å². The van der Waals surface area contributed by atoms with Gasteiger partial charge in [0.15, 0.2) is 0 Å². The Morgan fingerprint density at radius 1 is 1.50 bits per heavy atom. The molecule has 1 unspecified atom stereocenters. The first-order valence-corrected chi connectivity index (χ1v) is 5.84. The molecule has 0 amide bonds. The zero-order chi connectivity index (χ0) is 13.0. The van der Waals surface area contributed by atoms with Crippen LogP contribution in [0.15, 0.2) is 22.9 Å². The van der Waals surface area contributed by atoms with Gasteiger partial charge in [-0.05, 0) is 31.0 Å². The molecule has 5 heteroatoms. The van der Waals surface area contributed by atoms with E-state index < -0.39 is 0 Å². The number of aromatic nitrogens is 3. The van der Waals surface area contributed by atoms with Crippen LogP contribution in [0, 0.1) is 18.3 Å². The summed E-state index contributed by atoms with van der Waals surface area (Å²) in [6.45, 7) is 3.96. The summed E-state index contributed by atoms with van der Waals surface area (Å²) in [7, 11) is 0. The first-order valence-electron chi connectivity index (χ1n) is 5.84. The molecule has 92 valence electrons. The van der Waals surface area contributed by atoms with Gasteiger partial charge in [-0.3, -0.25) is 4.98 Å². The summed E-state index contributed by atoms with van der Waals surface area (Å²) >= 11 is 0. The molecule has 18 heavy (non-hydrogen) atoms. The van der Waals surface area contributed by atoms with E-state index in [1.807, 2.05) is 26.0 Å². The van der Waals surface area contributed by atoms with Gasteiger partial charge in [0.25, 0.3) is 0 Å². The minimum atomic E-state index is 0.0932. The highest BCUT2D eigenvalue weighted by atomic mass is 16.5. The molecule has 0 saturated carbocycles. The lowest BCUT2D eigenvalue weighted by atomic mass is 10.1. The van der Waals surface area contributed by atoms with Crippen molar-refractivity contribution in [3.05, 3.63) is 29.8 Å². The van der Waals surface area contributed by atoms with Gasteiger partial charge in [-0.2, -0.15) is 10.2 Å². The maximum atomic E-state index is 8.55. The molecule has 0 fully saturated rings. The second-order valence-corrected chi connectivity index (χ2v) is 4.27. The van der Waals surface area contributed by atoms with Crippen LogP contribution in [0.1, 0.15) is 37.1 Å². The molecule has 0 spiro atoms. The Bertz CT molecular complexity index is 570. The fourth-order valence-corrected chi connectivity index (χ4v) is 1.60. The third kappa shape index (κ3) is 2.72. The molecule has 0 aliphatic rings. The molecule has 2 heterocycles. The first kappa shape index (κ1) is 12.2. The highest BCUT2D eigenvalue weighted by Crippen LogP contribution is 2.21. The number of hydrogen-bond acceptors (Lipinski definition) is 5. The normalized spacial score (nSPS) is 12.1. The van der Waals surface area contributed by atoms with Crippen LogP contribution in [0.3, 0.4) is 0 Å². The lowest BCUT2D eigenvalue weighted by Crippen LogP contribution is -1.93. The lowest BCUT2D eigenvalue weighted by molar-refractivity contribution is 0.355. The predicted molar refractivity (Wildman–Crippen MR) is 65.5 cm³/mol. The van der Waals surface area contributed by atoms with E-state index in [2.05, 4.69) is 21.2 Å². The molecule has 0 aliphatic heterocycles. The maximum Gasteiger partial charge on any atom is 0.229 e. The Labute approximate surface area is 105 Å². The minimum Gasteiger partial charge on any atom is -0.339 e. The summed E-state index contributed by atoms with van der Waals surface area (Å²) < 4.78 is 5.21. The van der Waals surface area contributed by atoms with Crippen LogP contribution in [-0.2, 0) is 0 Å². The maximum absolute atomic E-state index is 8.55. The van der Waals surface area contributed by atoms with Gasteiger partial charge in [0.1, 0.15) is 5.69 Å². The van der Waals surface area contributed by atoms with Crippen molar-refractivity contribution in [1.29, 1.82) is 5.26 Å².